The van der Waals surface area contributed by atoms with E-state index in [1.807, 2.05) is 0 Å². The van der Waals surface area contributed by atoms with Gasteiger partial charge in [0, 0.05) is 0 Å². The van der Waals surface area contributed by atoms with Crippen LogP contribution in [0, 0.1) is 0 Å². The van der Waals surface area contributed by atoms with Gasteiger partial charge in [-0.3, -0.25) is 0 Å². The fourth-order valence-electron chi connectivity index (χ4n) is 3.00. The van der Waals surface area contributed by atoms with Crippen molar-refractivity contribution < 1.29 is 0 Å². The summed E-state index contributed by atoms with van der Waals surface area (Å²) in [6.45, 7) is 3.24. The van der Waals surface area contributed by atoms with Gasteiger partial charge in [0.2, 0.25) is 0 Å². The first-order chi connectivity index (χ1) is 9.70. The summed E-state index contributed by atoms with van der Waals surface area (Å²) in [4.78, 5) is 7.30. The minimum atomic E-state index is -0.949. The summed E-state index contributed by atoms with van der Waals surface area (Å²) in [5.74, 6) is 0. The first-order valence-corrected chi connectivity index (χ1v) is 12.6. The molecule has 0 aromatic rings. The Morgan fingerprint density at radius 1 is 1.35 bits per heavy atom. The van der Waals surface area contributed by atoms with Crippen LogP contribution < -0.4 is 5.32 Å². The van der Waals surface area contributed by atoms with E-state index in [0.29, 0.717) is 6.04 Å². The summed E-state index contributed by atoms with van der Waals surface area (Å²) >= 11 is -0.949. The Labute approximate surface area is 129 Å². The predicted molar refractivity (Wildman–Crippen MR) is 95.9 cm³/mol. The molecule has 108 valence electrons. The fraction of sp³-hybridized carbons (Fsp3) is 0.412. The summed E-state index contributed by atoms with van der Waals surface area (Å²) in [5.41, 5.74) is 4.50. The molecule has 0 saturated heterocycles. The van der Waals surface area contributed by atoms with Crippen molar-refractivity contribution in [1.82, 2.24) is 10.2 Å². The van der Waals surface area contributed by atoms with E-state index in [1.54, 1.807) is 9.15 Å². The fourth-order valence-corrected chi connectivity index (χ4v) is 5.71. The Morgan fingerprint density at radius 2 is 2.20 bits per heavy atom. The number of dihydropyridines is 1. The van der Waals surface area contributed by atoms with E-state index in [4.69, 9.17) is 0 Å². The normalized spacial score (nSPS) is 24.6. The molecule has 1 atom stereocenters. The number of halogens is 1. The molecule has 0 amide bonds. The molecule has 3 heteroatoms. The van der Waals surface area contributed by atoms with Gasteiger partial charge in [-0.25, -0.2) is 0 Å². The molecule has 3 rings (SSSR count). The number of nitrogens with one attached hydrogen (secondary N) is 1. The molecule has 20 heavy (non-hydrogen) atoms. The molecule has 0 saturated carbocycles. The standard InChI is InChI=1S/C17H23IN2/c1-4-5-13-10-17-15-6-8-19-11-14(15)7-9-20(17)12-16(13)18(2)3/h6-10,12,17,19H,4-5,11H2,1-3H3. The number of alkyl halides is 2. The van der Waals surface area contributed by atoms with Crippen molar-refractivity contribution in [3.05, 3.63) is 57.1 Å². The third-order valence-electron chi connectivity index (χ3n) is 3.99. The van der Waals surface area contributed by atoms with Crippen LogP contribution in [0.5, 0.6) is 0 Å². The van der Waals surface area contributed by atoms with Crippen LogP contribution in [0.15, 0.2) is 57.1 Å². The molecule has 0 radical (unpaired) electrons. The first-order valence-electron chi connectivity index (χ1n) is 7.22. The summed E-state index contributed by atoms with van der Waals surface area (Å²) < 4.78 is 1.65. The van der Waals surface area contributed by atoms with E-state index >= 15 is 0 Å². The van der Waals surface area contributed by atoms with Gasteiger partial charge in [0.05, 0.1) is 0 Å². The van der Waals surface area contributed by atoms with E-state index in [9.17, 15) is 0 Å². The van der Waals surface area contributed by atoms with E-state index in [-0.39, 0.29) is 0 Å². The van der Waals surface area contributed by atoms with Crippen LogP contribution in [-0.2, 0) is 0 Å². The van der Waals surface area contributed by atoms with Crippen LogP contribution in [0.4, 0.5) is 0 Å². The number of fused-ring (bicyclic) bond motifs is 2. The van der Waals surface area contributed by atoms with Crippen LogP contribution >= 0.6 is 19.8 Å². The topological polar surface area (TPSA) is 15.3 Å². The number of allylic oxidation sites excluding steroid dienone is 2. The number of hydrogen-bond donors (Lipinski definition) is 1. The summed E-state index contributed by atoms with van der Waals surface area (Å²) in [5, 5.41) is 3.31. The Kier molecular flexibility index (Phi) is 4.06. The third kappa shape index (κ3) is 2.48. The van der Waals surface area contributed by atoms with E-state index in [0.717, 1.165) is 6.54 Å². The zero-order valence-electron chi connectivity index (χ0n) is 12.5. The van der Waals surface area contributed by atoms with Crippen molar-refractivity contribution >= 4 is 19.8 Å². The quantitative estimate of drug-likeness (QED) is 0.588. The Morgan fingerprint density at radius 3 is 2.95 bits per heavy atom. The van der Waals surface area contributed by atoms with Gasteiger partial charge in [0.15, 0.2) is 0 Å². The molecule has 0 spiro atoms. The minimum absolute atomic E-state index is 0.412. The van der Waals surface area contributed by atoms with Crippen LogP contribution in [0.1, 0.15) is 19.8 Å². The molecule has 1 N–H and O–H groups in total. The van der Waals surface area contributed by atoms with Crippen molar-refractivity contribution in [2.45, 2.75) is 25.8 Å². The van der Waals surface area contributed by atoms with Gasteiger partial charge in [0.1, 0.15) is 0 Å². The monoisotopic (exact) mass is 382 g/mol. The zero-order valence-corrected chi connectivity index (χ0v) is 14.6. The molecule has 1 unspecified atom stereocenters. The second-order valence-corrected chi connectivity index (χ2v) is 11.1. The molecule has 3 heterocycles. The van der Waals surface area contributed by atoms with Crippen molar-refractivity contribution in [2.75, 3.05) is 16.4 Å². The number of nitrogens with zero attached hydrogens (tertiary/aromatic N) is 1. The molecule has 2 nitrogen and oxygen atoms in total. The van der Waals surface area contributed by atoms with Gasteiger partial charge in [-0.05, 0) is 0 Å². The second-order valence-electron chi connectivity index (χ2n) is 5.58. The SMILES string of the molecule is CCCC1=CC2C3=C(C=CN2C=C1I(C)C)CNC=C3. The van der Waals surface area contributed by atoms with E-state index in [1.165, 1.54) is 24.0 Å². The Balaban J connectivity index is 1.98. The first kappa shape index (κ1) is 14.0. The molecule has 0 aromatic carbocycles. The van der Waals surface area contributed by atoms with Gasteiger partial charge in [-0.2, -0.15) is 0 Å². The molecule has 0 aliphatic carbocycles. The van der Waals surface area contributed by atoms with Crippen molar-refractivity contribution in [3.8, 4) is 0 Å². The summed E-state index contributed by atoms with van der Waals surface area (Å²) in [6, 6.07) is 0.412. The Hall–Kier alpha value is -0.970. The van der Waals surface area contributed by atoms with Crippen LogP contribution in [0.2, 0.25) is 0 Å². The molecule has 0 fully saturated rings. The molecule has 0 aromatic heterocycles. The van der Waals surface area contributed by atoms with Crippen LogP contribution in [-0.4, -0.2) is 27.3 Å². The Bertz CT molecular complexity index is 549. The number of hydrogen-bond acceptors (Lipinski definition) is 2. The summed E-state index contributed by atoms with van der Waals surface area (Å²) in [7, 11) is 0. The van der Waals surface area contributed by atoms with Crippen molar-refractivity contribution in [1.29, 1.82) is 0 Å². The van der Waals surface area contributed by atoms with Gasteiger partial charge >= 0.3 is 129 Å². The summed E-state index contributed by atoms with van der Waals surface area (Å²) in [6.07, 6.45) is 16.2. The van der Waals surface area contributed by atoms with E-state index < -0.39 is 19.8 Å². The van der Waals surface area contributed by atoms with Crippen molar-refractivity contribution in [3.63, 3.8) is 0 Å². The van der Waals surface area contributed by atoms with Gasteiger partial charge in [-0.1, -0.05) is 0 Å². The third-order valence-corrected chi connectivity index (χ3v) is 7.28. The second kappa shape index (κ2) is 5.80. The van der Waals surface area contributed by atoms with Gasteiger partial charge in [0.25, 0.3) is 0 Å². The maximum atomic E-state index is 3.31. The average molecular weight is 382 g/mol. The van der Waals surface area contributed by atoms with Crippen molar-refractivity contribution in [2.24, 2.45) is 0 Å². The van der Waals surface area contributed by atoms with E-state index in [2.05, 4.69) is 63.8 Å². The van der Waals surface area contributed by atoms with Crippen LogP contribution in [0.25, 0.3) is 0 Å². The molecular formula is C17H23IN2. The van der Waals surface area contributed by atoms with Gasteiger partial charge < -0.3 is 0 Å². The average Bonchev–Trinajstić information content (AvgIpc) is 2.46. The molecule has 3 aliphatic heterocycles. The number of rotatable bonds is 3. The zero-order chi connectivity index (χ0) is 14.1. The van der Waals surface area contributed by atoms with Gasteiger partial charge in [-0.15, -0.1) is 0 Å². The van der Waals surface area contributed by atoms with Crippen LogP contribution in [0.3, 0.4) is 0 Å². The predicted octanol–water partition coefficient (Wildman–Crippen LogP) is 3.95. The molecule has 0 bridgehead atoms. The molecular weight excluding hydrogens is 359 g/mol. The molecule has 3 aliphatic rings. The maximum absolute atomic E-state index is 3.31.